The van der Waals surface area contributed by atoms with E-state index in [1.165, 1.54) is 57.8 Å². The molecular weight excluding hydrogens is 544 g/mol. The van der Waals surface area contributed by atoms with Crippen molar-refractivity contribution in [2.75, 3.05) is 13.7 Å². The van der Waals surface area contributed by atoms with Crippen LogP contribution in [-0.2, 0) is 19.6 Å². The molecule has 3 aromatic rings. The molecule has 0 aliphatic rings. The Balaban J connectivity index is 1.59. The summed E-state index contributed by atoms with van der Waals surface area (Å²) in [5, 5.41) is 0.574. The number of ether oxygens (including phenoxy) is 2. The predicted molar refractivity (Wildman–Crippen MR) is 172 cm³/mol. The van der Waals surface area contributed by atoms with Crippen molar-refractivity contribution in [1.82, 2.24) is 4.90 Å². The molecule has 228 valence electrons. The minimum Gasteiger partial charge on any atom is -0.496 e. The highest BCUT2D eigenvalue weighted by Gasteiger charge is 2.21. The summed E-state index contributed by atoms with van der Waals surface area (Å²) in [5.41, 5.74) is 2.56. The van der Waals surface area contributed by atoms with Crippen LogP contribution in [0.2, 0.25) is 5.02 Å². The molecule has 3 rings (SSSR count). The van der Waals surface area contributed by atoms with E-state index in [0.29, 0.717) is 41.8 Å². The Morgan fingerprint density at radius 3 is 2.17 bits per heavy atom. The third kappa shape index (κ3) is 11.3. The van der Waals surface area contributed by atoms with Gasteiger partial charge < -0.3 is 14.4 Å². The van der Waals surface area contributed by atoms with E-state index in [9.17, 15) is 4.79 Å². The van der Waals surface area contributed by atoms with Crippen LogP contribution in [0.3, 0.4) is 0 Å². The second kappa shape index (κ2) is 19.2. The van der Waals surface area contributed by atoms with E-state index in [1.807, 2.05) is 53.4 Å². The quantitative estimate of drug-likeness (QED) is 0.0968. The van der Waals surface area contributed by atoms with Gasteiger partial charge >= 0.3 is 0 Å². The topological polar surface area (TPSA) is 42.7 Å². The zero-order chi connectivity index (χ0) is 30.0. The Hall–Kier alpha value is -3.05. The van der Waals surface area contributed by atoms with Crippen molar-refractivity contribution in [3.8, 4) is 11.5 Å². The van der Waals surface area contributed by atoms with Crippen molar-refractivity contribution in [3.05, 3.63) is 88.7 Å². The molecule has 0 N–H and O–H groups in total. The van der Waals surface area contributed by atoms with Crippen molar-refractivity contribution in [2.24, 2.45) is 0 Å². The fraction of sp³-hybridized carbons (Fsp3) is 0.500. The Morgan fingerprint density at radius 1 is 0.786 bits per heavy atom. The van der Waals surface area contributed by atoms with Crippen LogP contribution >= 0.6 is 11.6 Å². The van der Waals surface area contributed by atoms with Gasteiger partial charge in [0.05, 0.1) is 30.8 Å². The lowest BCUT2D eigenvalue weighted by Gasteiger charge is -2.24. The monoisotopic (exact) mass is 593 g/mol. The molecule has 0 fully saturated rings. The van der Waals surface area contributed by atoms with Gasteiger partial charge in [0.1, 0.15) is 18.0 Å². The normalized spacial score (nSPS) is 11.0. The van der Waals surface area contributed by atoms with Gasteiger partial charge in [-0.25, -0.2) is 4.57 Å². The number of pyridine rings is 1. The summed E-state index contributed by atoms with van der Waals surface area (Å²) >= 11 is 6.65. The lowest BCUT2D eigenvalue weighted by Crippen LogP contribution is -2.35. The van der Waals surface area contributed by atoms with Crippen LogP contribution in [0.25, 0.3) is 0 Å². The Bertz CT molecular complexity index is 1220. The van der Waals surface area contributed by atoms with E-state index < -0.39 is 0 Å². The summed E-state index contributed by atoms with van der Waals surface area (Å²) in [6.07, 6.45) is 18.2. The summed E-state index contributed by atoms with van der Waals surface area (Å²) in [7, 11) is 1.59. The van der Waals surface area contributed by atoms with E-state index in [-0.39, 0.29) is 5.91 Å². The minimum atomic E-state index is -0.0873. The number of unbranched alkanes of at least 4 members (excludes halogenated alkanes) is 9. The van der Waals surface area contributed by atoms with E-state index >= 15 is 0 Å². The van der Waals surface area contributed by atoms with Gasteiger partial charge in [-0.2, -0.15) is 0 Å². The molecule has 0 spiro atoms. The zero-order valence-electron chi connectivity index (χ0n) is 26.0. The zero-order valence-corrected chi connectivity index (χ0v) is 26.7. The molecule has 1 aromatic heterocycles. The standard InChI is InChI=1S/C36H50ClN2O3/c1-4-6-7-8-9-10-11-12-13-16-25-42-35-22-21-30(26-33(35)37)28-39(29-31-18-17-24-38(27-31)23-5-2)36(40)32-19-14-15-20-34(32)41-3/h14-15,17-22,24,26-27H,4-13,16,23,25,28-29H2,1-3H3/q+1. The maximum atomic E-state index is 13.8. The molecule has 0 atom stereocenters. The highest BCUT2D eigenvalue weighted by molar-refractivity contribution is 6.32. The molecule has 6 heteroatoms. The molecule has 0 aliphatic carbocycles. The van der Waals surface area contributed by atoms with Gasteiger partial charge in [0, 0.05) is 24.6 Å². The first-order chi connectivity index (χ1) is 20.5. The van der Waals surface area contributed by atoms with Crippen molar-refractivity contribution in [2.45, 2.75) is 104 Å². The summed E-state index contributed by atoms with van der Waals surface area (Å²) in [5.74, 6) is 1.17. The van der Waals surface area contributed by atoms with Crippen molar-refractivity contribution in [3.63, 3.8) is 0 Å². The second-order valence-electron chi connectivity index (χ2n) is 11.1. The first-order valence-corrected chi connectivity index (χ1v) is 16.2. The Kier molecular flexibility index (Phi) is 15.3. The summed E-state index contributed by atoms with van der Waals surface area (Å²) in [4.78, 5) is 15.7. The van der Waals surface area contributed by atoms with Crippen molar-refractivity contribution < 1.29 is 18.8 Å². The maximum Gasteiger partial charge on any atom is 0.258 e. The van der Waals surface area contributed by atoms with Crippen LogP contribution in [0.5, 0.6) is 11.5 Å². The first-order valence-electron chi connectivity index (χ1n) is 15.9. The highest BCUT2D eigenvalue weighted by atomic mass is 35.5. The fourth-order valence-electron chi connectivity index (χ4n) is 5.23. The lowest BCUT2D eigenvalue weighted by molar-refractivity contribution is -0.697. The van der Waals surface area contributed by atoms with Crippen LogP contribution in [-0.4, -0.2) is 24.5 Å². The van der Waals surface area contributed by atoms with Gasteiger partial charge in [0.2, 0.25) is 0 Å². The average Bonchev–Trinajstić information content (AvgIpc) is 3.00. The molecule has 0 bridgehead atoms. The van der Waals surface area contributed by atoms with Gasteiger partial charge in [0.25, 0.3) is 5.91 Å². The third-order valence-corrected chi connectivity index (χ3v) is 7.82. The predicted octanol–water partition coefficient (Wildman–Crippen LogP) is 9.19. The molecule has 42 heavy (non-hydrogen) atoms. The molecule has 0 unspecified atom stereocenters. The number of halogens is 1. The Morgan fingerprint density at radius 2 is 1.48 bits per heavy atom. The summed E-state index contributed by atoms with van der Waals surface area (Å²) < 4.78 is 13.7. The van der Waals surface area contributed by atoms with Crippen LogP contribution in [0.15, 0.2) is 67.0 Å². The number of nitrogens with zero attached hydrogens (tertiary/aromatic N) is 2. The molecule has 1 heterocycles. The molecule has 0 aliphatic heterocycles. The number of para-hydroxylation sites is 1. The number of carbonyl (C=O) groups excluding carboxylic acids is 1. The minimum absolute atomic E-state index is 0.0873. The van der Waals surface area contributed by atoms with E-state index in [4.69, 9.17) is 21.1 Å². The van der Waals surface area contributed by atoms with Gasteiger partial charge in [-0.3, -0.25) is 4.79 Å². The molecule has 0 radical (unpaired) electrons. The molecule has 0 saturated carbocycles. The highest BCUT2D eigenvalue weighted by Crippen LogP contribution is 2.28. The van der Waals surface area contributed by atoms with Gasteiger partial charge in [-0.1, -0.05) is 101 Å². The number of methoxy groups -OCH3 is 1. The van der Waals surface area contributed by atoms with Gasteiger partial charge in [-0.15, -0.1) is 0 Å². The number of rotatable bonds is 20. The Labute approximate surface area is 258 Å². The van der Waals surface area contributed by atoms with Crippen LogP contribution < -0.4 is 14.0 Å². The molecule has 1 amide bonds. The summed E-state index contributed by atoms with van der Waals surface area (Å²) in [6, 6.07) is 17.3. The number of carbonyl (C=O) groups is 1. The number of hydrogen-bond acceptors (Lipinski definition) is 3. The summed E-state index contributed by atoms with van der Waals surface area (Å²) in [6.45, 7) is 6.91. The first kappa shape index (κ1) is 33.5. The molecule has 2 aromatic carbocycles. The third-order valence-electron chi connectivity index (χ3n) is 7.52. The number of aromatic nitrogens is 1. The SMILES string of the molecule is CCCCCCCCCCCCOc1ccc(CN(Cc2ccc[n+](CCC)c2)C(=O)c2ccccc2OC)cc1Cl. The van der Waals surface area contributed by atoms with E-state index in [2.05, 4.69) is 36.9 Å². The van der Waals surface area contributed by atoms with Crippen molar-refractivity contribution in [1.29, 1.82) is 0 Å². The average molecular weight is 594 g/mol. The number of aryl methyl sites for hydroxylation is 1. The van der Waals surface area contributed by atoms with Crippen LogP contribution in [0, 0.1) is 0 Å². The number of amides is 1. The van der Waals surface area contributed by atoms with Crippen molar-refractivity contribution >= 4 is 17.5 Å². The smallest absolute Gasteiger partial charge is 0.258 e. The van der Waals surface area contributed by atoms with Crippen LogP contribution in [0.1, 0.15) is 106 Å². The number of benzene rings is 2. The van der Waals surface area contributed by atoms with E-state index in [0.717, 1.165) is 30.5 Å². The fourth-order valence-corrected chi connectivity index (χ4v) is 5.49. The largest absolute Gasteiger partial charge is 0.496 e. The molecule has 0 saturated heterocycles. The second-order valence-corrected chi connectivity index (χ2v) is 11.5. The van der Waals surface area contributed by atoms with Gasteiger partial charge in [-0.05, 0) is 42.3 Å². The molecular formula is C36H50ClN2O3+. The molecule has 5 nitrogen and oxygen atoms in total. The van der Waals surface area contributed by atoms with Gasteiger partial charge in [0.15, 0.2) is 12.4 Å². The van der Waals surface area contributed by atoms with E-state index in [1.54, 1.807) is 7.11 Å². The lowest BCUT2D eigenvalue weighted by atomic mass is 10.1. The maximum absolute atomic E-state index is 13.8. The van der Waals surface area contributed by atoms with Crippen LogP contribution in [0.4, 0.5) is 0 Å². The number of hydrogen-bond donors (Lipinski definition) is 0.